The molecule has 11 rings (SSSR count). The molecule has 0 aromatic heterocycles. The first-order valence-corrected chi connectivity index (χ1v) is 45.6. The zero-order valence-electron chi connectivity index (χ0n) is 77.5. The van der Waals surface area contributed by atoms with Crippen molar-refractivity contribution in [3.63, 3.8) is 0 Å². The van der Waals surface area contributed by atoms with Gasteiger partial charge in [-0.3, -0.25) is 33.6 Å². The zero-order chi connectivity index (χ0) is 105. The molecule has 0 bridgehead atoms. The number of carbonyl (C=O) groups is 7. The molecule has 0 aromatic carbocycles. The van der Waals surface area contributed by atoms with Crippen molar-refractivity contribution >= 4 is 41.4 Å². The van der Waals surface area contributed by atoms with Gasteiger partial charge in [0, 0.05) is 48.5 Å². The zero-order valence-corrected chi connectivity index (χ0v) is 77.5. The number of rotatable bonds is 38. The second-order valence-corrected chi connectivity index (χ2v) is 36.0. The third kappa shape index (κ3) is 26.9. The second kappa shape index (κ2) is 51.9. The first kappa shape index (κ1) is 118. The summed E-state index contributed by atoms with van der Waals surface area (Å²) < 4.78 is 130. The second-order valence-electron chi connectivity index (χ2n) is 36.0. The molecule has 11 saturated heterocycles. The molecule has 0 saturated carbocycles. The average molecular weight is 2090 g/mol. The van der Waals surface area contributed by atoms with E-state index in [1.54, 1.807) is 0 Å². The summed E-state index contributed by atoms with van der Waals surface area (Å²) in [5, 5.41) is 338. The summed E-state index contributed by atoms with van der Waals surface area (Å²) in [7, 11) is 0. The van der Waals surface area contributed by atoms with Gasteiger partial charge in [0.2, 0.25) is 41.4 Å². The number of nitrogens with one attached hydrogen (secondary N) is 7. The van der Waals surface area contributed by atoms with E-state index in [1.165, 1.54) is 0 Å². The maximum absolute atomic E-state index is 13.8. The summed E-state index contributed by atoms with van der Waals surface area (Å²) in [6.45, 7) is -7.03. The van der Waals surface area contributed by atoms with Gasteiger partial charge in [-0.15, -0.1) is 0 Å². The Hall–Kier alpha value is -5.67. The van der Waals surface area contributed by atoms with Crippen LogP contribution in [0.3, 0.4) is 0 Å². The maximum atomic E-state index is 13.8. The number of aliphatic hydroxyl groups excluding tert-OH is 28. The smallest absolute Gasteiger partial charge is 0.217 e. The minimum atomic E-state index is -2.93. The summed E-state index contributed by atoms with van der Waals surface area (Å²) in [6, 6.07) is -13.9. The Morgan fingerprint density at radius 2 is 0.406 bits per heavy atom. The van der Waals surface area contributed by atoms with Gasteiger partial charge >= 0.3 is 0 Å². The normalized spacial score (nSPS) is 47.3. The van der Waals surface area contributed by atoms with Gasteiger partial charge in [0.05, 0.1) is 72.7 Å². The van der Waals surface area contributed by atoms with Gasteiger partial charge in [-0.2, -0.15) is 0 Å². The molecule has 143 heavy (non-hydrogen) atoms. The van der Waals surface area contributed by atoms with Crippen LogP contribution in [0.25, 0.3) is 0 Å². The Kier molecular flexibility index (Phi) is 42.7. The van der Waals surface area contributed by atoms with E-state index in [-0.39, 0.29) is 0 Å². The van der Waals surface area contributed by atoms with Crippen molar-refractivity contribution in [1.82, 2.24) is 37.2 Å². The van der Waals surface area contributed by atoms with Crippen LogP contribution in [0.1, 0.15) is 48.5 Å². The lowest BCUT2D eigenvalue weighted by atomic mass is 9.93. The standard InChI is InChI=1S/C80H133N7O56/c1-19(97)81-37-54(114)62(31(13-93)125-70(37)122)136-75-42(86-24(6)102)55(115)64(33(15-95)131-75)139-78-61(121)67(141-80-69(60(120)65(34(16-96)133-80)137-72-39(83-21(3)99)51(111)45(105)27(9-89)127-72)143-76-43(87-25(7)103)56(116)63(32(14-94)132-76)138-77-59(119)57(117)48(108)30(12-92)130-77)66(140-73-40(84-22(4)100)52(112)46(106)28(10-90)128-73)36(135-78)18-124-79-68(142-74-41(85-23(5)101)53(113)47(107)29(11-91)129-74)58(118)49(109)35(134-79)17-123-71-38(82-20(2)98)50(110)44(104)26(8-88)126-71/h26-80,88-96,104-122H,8-18H2,1-7H3,(H,81,97)(H,82,98)(H,83,99)(H,84,100)(H,85,101)(H,86,102)(H,87,103)/t26-,27-,28-,29-,30-,31-,32-,33-,34-,35-,36-,37-,38-,39-,40-,41-,42-,43-,44-,45-,46-,47-,48+,49-,50-,51-,52-,53-,54-,55-,56-,57+,58+,59-,60+,61+,62-,63-,64-,65-,66-,67-,68+,69+,70-,71-,72+,73+,74+,75+,76+,77+,78+,79+,80-/m1/s1. The van der Waals surface area contributed by atoms with Crippen LogP contribution in [0.4, 0.5) is 0 Å². The molecule has 63 nitrogen and oxygen atoms in total. The Balaban J connectivity index is 1.10. The quantitative estimate of drug-likeness (QED) is 0.0273. The highest BCUT2D eigenvalue weighted by Crippen LogP contribution is 2.43. The third-order valence-corrected chi connectivity index (χ3v) is 25.8. The molecule has 55 atom stereocenters. The Bertz CT molecular complexity index is 4050. The highest BCUT2D eigenvalue weighted by Gasteiger charge is 2.64. The van der Waals surface area contributed by atoms with Crippen LogP contribution in [-0.2, 0) is 133 Å². The minimum absolute atomic E-state index is 0.853. The van der Waals surface area contributed by atoms with Crippen LogP contribution in [0.15, 0.2) is 0 Å². The van der Waals surface area contributed by atoms with Gasteiger partial charge in [0.25, 0.3) is 0 Å². The van der Waals surface area contributed by atoms with Crippen molar-refractivity contribution in [2.24, 2.45) is 0 Å². The van der Waals surface area contributed by atoms with Gasteiger partial charge < -0.3 is 280 Å². The molecule has 35 N–H and O–H groups in total. The number of hydrogen-bond donors (Lipinski definition) is 35. The van der Waals surface area contributed by atoms with Gasteiger partial charge in [-0.1, -0.05) is 0 Å². The summed E-state index contributed by atoms with van der Waals surface area (Å²) >= 11 is 0. The average Bonchev–Trinajstić information content (AvgIpc) is 0.750. The first-order chi connectivity index (χ1) is 67.6. The van der Waals surface area contributed by atoms with E-state index in [4.69, 9.17) is 99.5 Å². The number of aliphatic hydroxyl groups is 28. The van der Waals surface area contributed by atoms with Crippen LogP contribution in [-0.4, -0.2) is 594 Å². The monoisotopic (exact) mass is 2090 g/mol. The lowest BCUT2D eigenvalue weighted by molar-refractivity contribution is -0.413. The van der Waals surface area contributed by atoms with Crippen LogP contribution in [0.2, 0.25) is 0 Å². The molecule has 11 heterocycles. The fraction of sp³-hybridized carbons (Fsp3) is 0.912. The molecule has 11 aliphatic heterocycles. The lowest BCUT2D eigenvalue weighted by Crippen LogP contribution is -2.72. The molecule has 0 aliphatic carbocycles. The van der Waals surface area contributed by atoms with E-state index >= 15 is 0 Å². The number of ether oxygens (including phenoxy) is 21. The van der Waals surface area contributed by atoms with E-state index in [0.29, 0.717) is 0 Å². The van der Waals surface area contributed by atoms with Crippen molar-refractivity contribution in [2.75, 3.05) is 72.7 Å². The topological polar surface area (TPSA) is 964 Å². The molecule has 11 aliphatic rings. The number of carbonyl (C=O) groups excluding carboxylic acids is 7. The van der Waals surface area contributed by atoms with Crippen molar-refractivity contribution in [3.8, 4) is 0 Å². The van der Waals surface area contributed by atoms with Gasteiger partial charge in [0.15, 0.2) is 69.2 Å². The summed E-state index contributed by atoms with van der Waals surface area (Å²) in [6.07, 6.45) is -108. The molecule has 7 amide bonds. The van der Waals surface area contributed by atoms with Gasteiger partial charge in [-0.05, 0) is 0 Å². The SMILES string of the molecule is CC(=O)N[C@@H]1[C@@H](O)[C@H](O[C@@H]2O[C@H](CO)[C@@H](O[C@@H]3O[C@H](CO[C@H]4O[C@H](CO[C@@H]5O[C@H](CO)[C@@H](O)[C@H](O)[C@H]5NC(C)=O)[C@@H](O)[C@H](O)[C@@H]4O[C@@H]4O[C@H](CO)[C@@H](O)[C@H](O)[C@H]4NC(C)=O)[C@@H](O[C@@H]4O[C@H](CO)[C@@H](O)[C@H](O)[C@H]4NC(C)=O)[C@H](O[C@H]4O[C@H](CO)[C@@H](O[C@@H]5O[C@H](CO)[C@@H](O)[C@H](O)[C@H]5NC(C)=O)[C@H](O)[C@@H]4O[C@@H]4O[C@H](CO)[C@@H](O[C@@H]5O[C@H](CO)[C@H](O)[C@H](O)[C@H]5O)[C@H](O)[C@H]4NC(C)=O)[C@@H]3O)[C@H](O)[C@H]2NC(C)=O)[C@@H](CO)O[C@H]1O. The van der Waals surface area contributed by atoms with E-state index in [1.807, 2.05) is 0 Å². The minimum Gasteiger partial charge on any atom is -0.394 e. The highest BCUT2D eigenvalue weighted by molar-refractivity contribution is 5.75. The highest BCUT2D eigenvalue weighted by atomic mass is 16.8. The molecule has 63 heteroatoms. The maximum Gasteiger partial charge on any atom is 0.217 e. The molecule has 11 fully saturated rings. The molecule has 0 aromatic rings. The fourth-order valence-electron chi connectivity index (χ4n) is 18.5. The molecule has 0 radical (unpaired) electrons. The lowest BCUT2D eigenvalue weighted by Gasteiger charge is -2.53. The number of hydrogen-bond acceptors (Lipinski definition) is 56. The fourth-order valence-corrected chi connectivity index (χ4v) is 18.5. The van der Waals surface area contributed by atoms with E-state index in [9.17, 15) is 177 Å². The van der Waals surface area contributed by atoms with E-state index < -0.39 is 451 Å². The van der Waals surface area contributed by atoms with Crippen molar-refractivity contribution < 1.29 is 276 Å². The Morgan fingerprint density at radius 3 is 0.769 bits per heavy atom. The van der Waals surface area contributed by atoms with Gasteiger partial charge in [-0.25, -0.2) is 0 Å². The molecular formula is C80H133N7O56. The van der Waals surface area contributed by atoms with Gasteiger partial charge in [0.1, 0.15) is 268 Å². The molecule has 0 unspecified atom stereocenters. The van der Waals surface area contributed by atoms with Crippen LogP contribution in [0.5, 0.6) is 0 Å². The van der Waals surface area contributed by atoms with Crippen LogP contribution < -0.4 is 37.2 Å². The largest absolute Gasteiger partial charge is 0.394 e. The molecule has 0 spiro atoms. The van der Waals surface area contributed by atoms with Crippen molar-refractivity contribution in [1.29, 1.82) is 0 Å². The summed E-state index contributed by atoms with van der Waals surface area (Å²) in [4.78, 5) is 91.5. The molecular weight excluding hydrogens is 1950 g/mol. The van der Waals surface area contributed by atoms with E-state index in [2.05, 4.69) is 37.2 Å². The number of amides is 7. The van der Waals surface area contributed by atoms with Crippen molar-refractivity contribution in [3.05, 3.63) is 0 Å². The molecule has 824 valence electrons. The summed E-state index contributed by atoms with van der Waals surface area (Å²) in [5.41, 5.74) is 0. The van der Waals surface area contributed by atoms with E-state index in [0.717, 1.165) is 48.5 Å². The Morgan fingerprint density at radius 1 is 0.182 bits per heavy atom. The predicted octanol–water partition coefficient (Wildman–Crippen LogP) is -24.0. The first-order valence-electron chi connectivity index (χ1n) is 45.6. The van der Waals surface area contributed by atoms with Crippen LogP contribution >= 0.6 is 0 Å². The predicted molar refractivity (Wildman–Crippen MR) is 444 cm³/mol. The van der Waals surface area contributed by atoms with Crippen LogP contribution in [0, 0.1) is 0 Å². The summed E-state index contributed by atoms with van der Waals surface area (Å²) in [5.74, 6) is -6.89. The Labute approximate surface area is 810 Å². The third-order valence-electron chi connectivity index (χ3n) is 25.8. The van der Waals surface area contributed by atoms with Crippen molar-refractivity contribution in [2.45, 2.75) is 386 Å².